The summed E-state index contributed by atoms with van der Waals surface area (Å²) in [5, 5.41) is 0. The molecule has 0 unspecified atom stereocenters. The maximum Gasteiger partial charge on any atom is 0.225 e. The van der Waals surface area contributed by atoms with Gasteiger partial charge in [0.15, 0.2) is 0 Å². The van der Waals surface area contributed by atoms with Crippen LogP contribution < -0.4 is 10.6 Å². The molecule has 0 aromatic carbocycles. The molecule has 18 heavy (non-hydrogen) atoms. The number of anilines is 1. The lowest BCUT2D eigenvalue weighted by Gasteiger charge is -2.48. The Balaban J connectivity index is 2.12. The van der Waals surface area contributed by atoms with Crippen molar-refractivity contribution >= 4 is 5.95 Å². The first-order valence-electron chi connectivity index (χ1n) is 6.83. The smallest absolute Gasteiger partial charge is 0.225 e. The van der Waals surface area contributed by atoms with Gasteiger partial charge in [0.25, 0.3) is 0 Å². The van der Waals surface area contributed by atoms with Crippen molar-refractivity contribution in [3.8, 4) is 0 Å². The predicted octanol–water partition coefficient (Wildman–Crippen LogP) is 2.23. The van der Waals surface area contributed by atoms with Crippen LogP contribution in [0.3, 0.4) is 0 Å². The molecule has 1 saturated heterocycles. The summed E-state index contributed by atoms with van der Waals surface area (Å²) in [5.41, 5.74) is 8.40. The minimum Gasteiger partial charge on any atom is -0.337 e. The van der Waals surface area contributed by atoms with Crippen LogP contribution in [-0.2, 0) is 0 Å². The minimum absolute atomic E-state index is 0.0279. The zero-order chi connectivity index (χ0) is 13.3. The molecule has 1 aromatic heterocycles. The van der Waals surface area contributed by atoms with E-state index < -0.39 is 0 Å². The van der Waals surface area contributed by atoms with Crippen LogP contribution in [0, 0.1) is 6.92 Å². The second kappa shape index (κ2) is 4.84. The van der Waals surface area contributed by atoms with Gasteiger partial charge in [0.1, 0.15) is 0 Å². The number of rotatable bonds is 4. The van der Waals surface area contributed by atoms with Crippen molar-refractivity contribution in [2.75, 3.05) is 18.0 Å². The van der Waals surface area contributed by atoms with Gasteiger partial charge in [-0.2, -0.15) is 0 Å². The molecule has 2 heterocycles. The maximum absolute atomic E-state index is 6.28. The number of aryl methyl sites for hydroxylation is 1. The molecule has 100 valence electrons. The average molecular weight is 248 g/mol. The summed E-state index contributed by atoms with van der Waals surface area (Å²) in [6.07, 6.45) is 2.21. The van der Waals surface area contributed by atoms with Crippen molar-refractivity contribution in [1.29, 1.82) is 0 Å². The summed E-state index contributed by atoms with van der Waals surface area (Å²) in [7, 11) is 0. The Morgan fingerprint density at radius 2 is 2.06 bits per heavy atom. The van der Waals surface area contributed by atoms with Crippen molar-refractivity contribution in [3.05, 3.63) is 17.5 Å². The Labute approximate surface area is 110 Å². The Kier molecular flexibility index (Phi) is 3.57. The van der Waals surface area contributed by atoms with E-state index in [1.807, 2.05) is 6.92 Å². The summed E-state index contributed by atoms with van der Waals surface area (Å²) in [6.45, 7) is 10.3. The highest BCUT2D eigenvalue weighted by molar-refractivity contribution is 5.40. The van der Waals surface area contributed by atoms with Gasteiger partial charge in [-0.05, 0) is 25.3 Å². The van der Waals surface area contributed by atoms with Gasteiger partial charge in [-0.25, -0.2) is 9.97 Å². The van der Waals surface area contributed by atoms with E-state index in [1.165, 1.54) is 0 Å². The Hall–Kier alpha value is -1.16. The van der Waals surface area contributed by atoms with Gasteiger partial charge in [0.2, 0.25) is 5.95 Å². The van der Waals surface area contributed by atoms with Crippen LogP contribution in [0.15, 0.2) is 6.07 Å². The van der Waals surface area contributed by atoms with Crippen LogP contribution in [0.1, 0.15) is 50.9 Å². The van der Waals surface area contributed by atoms with E-state index in [0.717, 1.165) is 43.3 Å². The highest BCUT2D eigenvalue weighted by Crippen LogP contribution is 2.27. The normalized spacial score (nSPS) is 18.0. The van der Waals surface area contributed by atoms with Crippen molar-refractivity contribution in [2.45, 2.75) is 52.0 Å². The van der Waals surface area contributed by atoms with Crippen LogP contribution in [0.2, 0.25) is 0 Å². The summed E-state index contributed by atoms with van der Waals surface area (Å²) in [6, 6.07) is 2.07. The second-order valence-electron chi connectivity index (χ2n) is 5.86. The third-order valence-corrected chi connectivity index (χ3v) is 3.50. The standard InChI is InChI=1S/C14H24N4/c1-5-6-14(15)8-18(9-14)13-16-11(4)7-12(17-13)10(2)3/h7,10H,5-6,8-9,15H2,1-4H3. The van der Waals surface area contributed by atoms with Crippen LogP contribution in [0.25, 0.3) is 0 Å². The van der Waals surface area contributed by atoms with Crippen LogP contribution in [0.4, 0.5) is 5.95 Å². The number of nitrogens with two attached hydrogens (primary N) is 1. The van der Waals surface area contributed by atoms with Gasteiger partial charge in [0, 0.05) is 24.5 Å². The predicted molar refractivity (Wildman–Crippen MR) is 74.9 cm³/mol. The van der Waals surface area contributed by atoms with Crippen LogP contribution in [0.5, 0.6) is 0 Å². The van der Waals surface area contributed by atoms with Crippen LogP contribution in [-0.4, -0.2) is 28.6 Å². The van der Waals surface area contributed by atoms with E-state index in [1.54, 1.807) is 0 Å². The van der Waals surface area contributed by atoms with E-state index in [-0.39, 0.29) is 5.54 Å². The Morgan fingerprint density at radius 3 is 2.61 bits per heavy atom. The molecule has 0 spiro atoms. The zero-order valence-electron chi connectivity index (χ0n) is 11.9. The summed E-state index contributed by atoms with van der Waals surface area (Å²) < 4.78 is 0. The third-order valence-electron chi connectivity index (χ3n) is 3.50. The Morgan fingerprint density at radius 1 is 1.39 bits per heavy atom. The fourth-order valence-corrected chi connectivity index (χ4v) is 2.53. The van der Waals surface area contributed by atoms with E-state index in [4.69, 9.17) is 5.73 Å². The van der Waals surface area contributed by atoms with Crippen LogP contribution >= 0.6 is 0 Å². The lowest BCUT2D eigenvalue weighted by Crippen LogP contribution is -2.67. The van der Waals surface area contributed by atoms with E-state index in [9.17, 15) is 0 Å². The number of hydrogen-bond acceptors (Lipinski definition) is 4. The lowest BCUT2D eigenvalue weighted by atomic mass is 9.87. The third kappa shape index (κ3) is 2.64. The van der Waals surface area contributed by atoms with Gasteiger partial charge >= 0.3 is 0 Å². The summed E-state index contributed by atoms with van der Waals surface area (Å²) in [4.78, 5) is 11.4. The number of nitrogens with zero attached hydrogens (tertiary/aromatic N) is 3. The van der Waals surface area contributed by atoms with Gasteiger partial charge in [-0.1, -0.05) is 27.2 Å². The fraction of sp³-hybridized carbons (Fsp3) is 0.714. The van der Waals surface area contributed by atoms with Crippen molar-refractivity contribution < 1.29 is 0 Å². The van der Waals surface area contributed by atoms with Gasteiger partial charge in [-0.3, -0.25) is 0 Å². The molecule has 0 atom stereocenters. The van der Waals surface area contributed by atoms with E-state index in [0.29, 0.717) is 5.92 Å². The largest absolute Gasteiger partial charge is 0.337 e. The molecule has 4 nitrogen and oxygen atoms in total. The number of hydrogen-bond donors (Lipinski definition) is 1. The molecule has 0 radical (unpaired) electrons. The molecule has 0 amide bonds. The van der Waals surface area contributed by atoms with E-state index in [2.05, 4.69) is 41.7 Å². The first kappa shape index (κ1) is 13.3. The molecular formula is C14H24N4. The summed E-state index contributed by atoms with van der Waals surface area (Å²) >= 11 is 0. The maximum atomic E-state index is 6.28. The van der Waals surface area contributed by atoms with Gasteiger partial charge < -0.3 is 10.6 Å². The topological polar surface area (TPSA) is 55.0 Å². The number of aromatic nitrogens is 2. The molecule has 4 heteroatoms. The molecule has 1 aliphatic heterocycles. The molecule has 1 fully saturated rings. The Bertz CT molecular complexity index is 422. The quantitative estimate of drug-likeness (QED) is 0.887. The zero-order valence-corrected chi connectivity index (χ0v) is 11.9. The molecular weight excluding hydrogens is 224 g/mol. The molecule has 0 bridgehead atoms. The molecule has 0 aliphatic carbocycles. The highest BCUT2D eigenvalue weighted by atomic mass is 15.3. The summed E-state index contributed by atoms with van der Waals surface area (Å²) in [5.74, 6) is 1.28. The molecule has 1 aliphatic rings. The van der Waals surface area contributed by atoms with Gasteiger partial charge in [-0.15, -0.1) is 0 Å². The van der Waals surface area contributed by atoms with Gasteiger partial charge in [0.05, 0.1) is 5.54 Å². The van der Waals surface area contributed by atoms with E-state index >= 15 is 0 Å². The second-order valence-corrected chi connectivity index (χ2v) is 5.86. The SMILES string of the molecule is CCCC1(N)CN(c2nc(C)cc(C(C)C)n2)C1. The first-order valence-corrected chi connectivity index (χ1v) is 6.83. The lowest BCUT2D eigenvalue weighted by molar-refractivity contribution is 0.303. The highest BCUT2D eigenvalue weighted by Gasteiger charge is 2.39. The monoisotopic (exact) mass is 248 g/mol. The fourth-order valence-electron chi connectivity index (χ4n) is 2.53. The first-order chi connectivity index (χ1) is 8.43. The van der Waals surface area contributed by atoms with Crippen molar-refractivity contribution in [3.63, 3.8) is 0 Å². The molecule has 1 aromatic rings. The van der Waals surface area contributed by atoms with Crippen molar-refractivity contribution in [1.82, 2.24) is 9.97 Å². The molecule has 2 N–H and O–H groups in total. The van der Waals surface area contributed by atoms with Crippen molar-refractivity contribution in [2.24, 2.45) is 5.73 Å². The molecule has 0 saturated carbocycles. The molecule has 2 rings (SSSR count). The minimum atomic E-state index is -0.0279. The average Bonchev–Trinajstić information content (AvgIpc) is 2.25.